The molecular weight excluding hydrogens is 529 g/mol. The predicted octanol–water partition coefficient (Wildman–Crippen LogP) is 5.60. The molecule has 0 saturated carbocycles. The second kappa shape index (κ2) is 13.9. The van der Waals surface area contributed by atoms with Crippen LogP contribution >= 0.6 is 0 Å². The molecule has 0 unspecified atom stereocenters. The first kappa shape index (κ1) is 29.9. The van der Waals surface area contributed by atoms with Crippen molar-refractivity contribution in [1.29, 1.82) is 0 Å². The third kappa shape index (κ3) is 9.57. The van der Waals surface area contributed by atoms with E-state index in [2.05, 4.69) is 0 Å². The van der Waals surface area contributed by atoms with Gasteiger partial charge in [-0.2, -0.15) is 13.2 Å². The van der Waals surface area contributed by atoms with Crippen molar-refractivity contribution in [2.75, 3.05) is 31.8 Å². The molecule has 0 spiro atoms. The Bertz CT molecular complexity index is 1340. The fourth-order valence-corrected chi connectivity index (χ4v) is 3.50. The van der Waals surface area contributed by atoms with Gasteiger partial charge in [-0.15, -0.1) is 0 Å². The summed E-state index contributed by atoms with van der Waals surface area (Å²) in [6.45, 7) is 0.0254. The summed E-state index contributed by atoms with van der Waals surface area (Å²) < 4.78 is 57.9. The average molecular weight is 559 g/mol. The quantitative estimate of drug-likeness (QED) is 0.0969. The van der Waals surface area contributed by atoms with Gasteiger partial charge in [0, 0.05) is 30.3 Å². The van der Waals surface area contributed by atoms with E-state index in [1.807, 2.05) is 0 Å². The van der Waals surface area contributed by atoms with Gasteiger partial charge in [0.25, 0.3) is 0 Å². The summed E-state index contributed by atoms with van der Waals surface area (Å²) in [4.78, 5) is 24.7. The van der Waals surface area contributed by atoms with Crippen LogP contribution in [0, 0.1) is 0 Å². The van der Waals surface area contributed by atoms with Crippen LogP contribution in [0.2, 0.25) is 0 Å². The number of hydrogen-bond donors (Lipinski definition) is 2. The zero-order valence-corrected chi connectivity index (χ0v) is 21.7. The molecule has 3 aromatic rings. The number of benzene rings is 3. The van der Waals surface area contributed by atoms with E-state index in [-0.39, 0.29) is 36.7 Å². The van der Waals surface area contributed by atoms with E-state index in [0.29, 0.717) is 29.1 Å². The summed E-state index contributed by atoms with van der Waals surface area (Å²) in [5, 5.41) is 0. The molecule has 0 aliphatic carbocycles. The number of alkyl halides is 3. The highest BCUT2D eigenvalue weighted by Gasteiger charge is 2.26. The average Bonchev–Trinajstić information content (AvgIpc) is 2.92. The molecule has 4 N–H and O–H groups in total. The molecule has 0 saturated heterocycles. The summed E-state index contributed by atoms with van der Waals surface area (Å²) >= 11 is 0. The number of carbonyl (C=O) groups is 2. The summed E-state index contributed by atoms with van der Waals surface area (Å²) in [7, 11) is 1.40. The van der Waals surface area contributed by atoms with E-state index in [0.717, 1.165) is 5.56 Å². The van der Waals surface area contributed by atoms with Gasteiger partial charge in [0.2, 0.25) is 0 Å². The topological polar surface area (TPSA) is 123 Å². The number of rotatable bonds is 12. The van der Waals surface area contributed by atoms with Crippen LogP contribution in [-0.2, 0) is 16.0 Å². The highest BCUT2D eigenvalue weighted by atomic mass is 19.4. The molecule has 3 rings (SSSR count). The van der Waals surface area contributed by atoms with Gasteiger partial charge in [0.1, 0.15) is 5.75 Å². The van der Waals surface area contributed by atoms with E-state index < -0.39 is 24.5 Å². The number of anilines is 2. The molecule has 3 aromatic carbocycles. The van der Waals surface area contributed by atoms with Gasteiger partial charge in [0.05, 0.1) is 25.9 Å². The smallest absolute Gasteiger partial charge is 0.389 e. The van der Waals surface area contributed by atoms with E-state index in [1.165, 1.54) is 49.6 Å². The standard InChI is InChI=1S/C29H29F3N2O6/c1-37-26-17-19(4-12-27(35)39-16-13-21-18-22(33)7-10-24(21)34)3-11-25(26)40-28(36)20-5-8-23(9-6-20)38-15-2-14-29(30,31)32/h3-12,17-18H,2,13-16,33-34H2,1H3. The largest absolute Gasteiger partial charge is 0.494 e. The van der Waals surface area contributed by atoms with Crippen LogP contribution in [0.5, 0.6) is 17.2 Å². The summed E-state index contributed by atoms with van der Waals surface area (Å²) in [5.41, 5.74) is 14.4. The zero-order chi connectivity index (χ0) is 29.1. The van der Waals surface area contributed by atoms with Crippen LogP contribution in [-0.4, -0.2) is 38.4 Å². The molecule has 8 nitrogen and oxygen atoms in total. The monoisotopic (exact) mass is 558 g/mol. The highest BCUT2D eigenvalue weighted by molar-refractivity contribution is 5.91. The molecule has 0 atom stereocenters. The third-order valence-electron chi connectivity index (χ3n) is 5.55. The molecule has 40 heavy (non-hydrogen) atoms. The third-order valence-corrected chi connectivity index (χ3v) is 5.55. The maximum absolute atomic E-state index is 12.6. The van der Waals surface area contributed by atoms with Crippen molar-refractivity contribution in [3.05, 3.63) is 83.4 Å². The molecule has 0 heterocycles. The Morgan fingerprint density at radius 1 is 0.925 bits per heavy atom. The molecule has 0 bridgehead atoms. The number of nitrogen functional groups attached to an aromatic ring is 2. The Morgan fingerprint density at radius 3 is 2.38 bits per heavy atom. The van der Waals surface area contributed by atoms with E-state index in [9.17, 15) is 22.8 Å². The number of methoxy groups -OCH3 is 1. The summed E-state index contributed by atoms with van der Waals surface area (Å²) in [6.07, 6.45) is -2.12. The zero-order valence-electron chi connectivity index (χ0n) is 21.7. The highest BCUT2D eigenvalue weighted by Crippen LogP contribution is 2.30. The maximum Gasteiger partial charge on any atom is 0.389 e. The predicted molar refractivity (Wildman–Crippen MR) is 144 cm³/mol. The molecule has 212 valence electrons. The Balaban J connectivity index is 1.51. The van der Waals surface area contributed by atoms with Gasteiger partial charge in [-0.25, -0.2) is 9.59 Å². The van der Waals surface area contributed by atoms with Crippen molar-refractivity contribution in [3.63, 3.8) is 0 Å². The van der Waals surface area contributed by atoms with Gasteiger partial charge >= 0.3 is 18.1 Å². The first-order chi connectivity index (χ1) is 19.0. The van der Waals surface area contributed by atoms with Crippen LogP contribution in [0.15, 0.2) is 66.7 Å². The number of ether oxygens (including phenoxy) is 4. The Hall–Kier alpha value is -4.67. The first-order valence-corrected chi connectivity index (χ1v) is 12.2. The number of halogens is 3. The Morgan fingerprint density at radius 2 is 1.68 bits per heavy atom. The van der Waals surface area contributed by atoms with Crippen LogP contribution < -0.4 is 25.7 Å². The maximum atomic E-state index is 12.6. The van der Waals surface area contributed by atoms with Crippen LogP contribution in [0.4, 0.5) is 24.5 Å². The lowest BCUT2D eigenvalue weighted by molar-refractivity contribution is -0.138. The minimum Gasteiger partial charge on any atom is -0.494 e. The van der Waals surface area contributed by atoms with E-state index in [4.69, 9.17) is 30.4 Å². The van der Waals surface area contributed by atoms with Crippen LogP contribution in [0.3, 0.4) is 0 Å². The molecule has 0 aliphatic rings. The second-order valence-electron chi connectivity index (χ2n) is 8.60. The minimum absolute atomic E-state index is 0.0998. The number of carbonyl (C=O) groups excluding carboxylic acids is 2. The molecule has 0 aromatic heterocycles. The fraction of sp³-hybridized carbons (Fsp3) is 0.241. The normalized spacial score (nSPS) is 11.3. The lowest BCUT2D eigenvalue weighted by atomic mass is 10.1. The number of nitrogens with two attached hydrogens (primary N) is 2. The van der Waals surface area contributed by atoms with E-state index >= 15 is 0 Å². The van der Waals surface area contributed by atoms with Gasteiger partial charge in [-0.3, -0.25) is 0 Å². The van der Waals surface area contributed by atoms with Crippen molar-refractivity contribution >= 4 is 29.4 Å². The van der Waals surface area contributed by atoms with Gasteiger partial charge in [-0.1, -0.05) is 6.07 Å². The van der Waals surface area contributed by atoms with Crippen molar-refractivity contribution < 1.29 is 41.7 Å². The van der Waals surface area contributed by atoms with Crippen molar-refractivity contribution in [3.8, 4) is 17.2 Å². The van der Waals surface area contributed by atoms with Gasteiger partial charge in [0.15, 0.2) is 11.5 Å². The number of esters is 2. The molecule has 0 radical (unpaired) electrons. The van der Waals surface area contributed by atoms with Crippen molar-refractivity contribution in [2.24, 2.45) is 0 Å². The number of hydrogen-bond acceptors (Lipinski definition) is 8. The Kier molecular flexibility index (Phi) is 10.4. The van der Waals surface area contributed by atoms with E-state index in [1.54, 1.807) is 30.3 Å². The van der Waals surface area contributed by atoms with Crippen LogP contribution in [0.25, 0.3) is 6.08 Å². The second-order valence-corrected chi connectivity index (χ2v) is 8.60. The molecule has 0 aliphatic heterocycles. The molecular formula is C29H29F3N2O6. The molecule has 11 heteroatoms. The minimum atomic E-state index is -4.23. The lowest BCUT2D eigenvalue weighted by Gasteiger charge is -2.11. The SMILES string of the molecule is COc1cc(C=CC(=O)OCCc2cc(N)ccc2N)ccc1OC(=O)c1ccc(OCCCC(F)(F)F)cc1. The summed E-state index contributed by atoms with van der Waals surface area (Å²) in [6, 6.07) is 15.7. The summed E-state index contributed by atoms with van der Waals surface area (Å²) in [5.74, 6) is -0.482. The fourth-order valence-electron chi connectivity index (χ4n) is 3.50. The van der Waals surface area contributed by atoms with Crippen molar-refractivity contribution in [2.45, 2.75) is 25.4 Å². The molecule has 0 amide bonds. The first-order valence-electron chi connectivity index (χ1n) is 12.2. The van der Waals surface area contributed by atoms with Gasteiger partial charge in [-0.05, 0) is 78.2 Å². The molecule has 0 fully saturated rings. The lowest BCUT2D eigenvalue weighted by Crippen LogP contribution is -2.10. The Labute approximate surface area is 229 Å². The van der Waals surface area contributed by atoms with Gasteiger partial charge < -0.3 is 30.4 Å². The van der Waals surface area contributed by atoms with Crippen molar-refractivity contribution in [1.82, 2.24) is 0 Å². The van der Waals surface area contributed by atoms with Crippen LogP contribution in [0.1, 0.15) is 34.3 Å².